The SMILES string of the molecule is CCOC(=O)C(C)Oc1c(Cl)cc(C=Nn2c(=O)[nH]c3ccccc3c2=O)cc1Br. The van der Waals surface area contributed by atoms with E-state index in [-0.39, 0.29) is 17.4 Å². The van der Waals surface area contributed by atoms with Crippen LogP contribution >= 0.6 is 27.5 Å². The maximum Gasteiger partial charge on any atom is 0.349 e. The summed E-state index contributed by atoms with van der Waals surface area (Å²) in [7, 11) is 0. The summed E-state index contributed by atoms with van der Waals surface area (Å²) in [4.78, 5) is 39.1. The van der Waals surface area contributed by atoms with E-state index in [1.165, 1.54) is 12.3 Å². The third-order valence-corrected chi connectivity index (χ3v) is 4.91. The van der Waals surface area contributed by atoms with Crippen molar-refractivity contribution in [2.45, 2.75) is 20.0 Å². The molecule has 0 saturated carbocycles. The second kappa shape index (κ2) is 9.27. The van der Waals surface area contributed by atoms with Gasteiger partial charge in [-0.05, 0) is 59.6 Å². The Hall–Kier alpha value is -2.91. The number of benzene rings is 2. The first-order valence-electron chi connectivity index (χ1n) is 8.92. The molecule has 0 spiro atoms. The predicted octanol–water partition coefficient (Wildman–Crippen LogP) is 3.32. The van der Waals surface area contributed by atoms with Crippen LogP contribution in [0.3, 0.4) is 0 Å². The van der Waals surface area contributed by atoms with Crippen molar-refractivity contribution < 1.29 is 14.3 Å². The van der Waals surface area contributed by atoms with Crippen molar-refractivity contribution in [3.05, 3.63) is 72.3 Å². The van der Waals surface area contributed by atoms with Gasteiger partial charge in [-0.3, -0.25) is 4.79 Å². The van der Waals surface area contributed by atoms with E-state index in [9.17, 15) is 14.4 Å². The lowest BCUT2D eigenvalue weighted by atomic mass is 10.2. The van der Waals surface area contributed by atoms with Crippen molar-refractivity contribution >= 4 is 50.6 Å². The summed E-state index contributed by atoms with van der Waals surface area (Å²) in [6, 6.07) is 9.81. The number of halogens is 2. The topological polar surface area (TPSA) is 103 Å². The maximum absolute atomic E-state index is 12.5. The Labute approximate surface area is 184 Å². The van der Waals surface area contributed by atoms with Crippen LogP contribution in [0.15, 0.2) is 55.6 Å². The molecule has 1 unspecified atom stereocenters. The average Bonchev–Trinajstić information content (AvgIpc) is 2.70. The zero-order chi connectivity index (χ0) is 21.8. The summed E-state index contributed by atoms with van der Waals surface area (Å²) < 4.78 is 11.7. The molecule has 0 bridgehead atoms. The molecule has 0 aliphatic rings. The molecule has 10 heteroatoms. The van der Waals surface area contributed by atoms with Crippen LogP contribution in [-0.4, -0.2) is 34.6 Å². The molecule has 0 radical (unpaired) electrons. The molecule has 1 atom stereocenters. The molecule has 8 nitrogen and oxygen atoms in total. The molecule has 30 heavy (non-hydrogen) atoms. The van der Waals surface area contributed by atoms with Gasteiger partial charge in [0.05, 0.1) is 33.2 Å². The molecule has 156 valence electrons. The van der Waals surface area contributed by atoms with E-state index in [1.807, 2.05) is 0 Å². The number of esters is 1. The molecule has 3 aromatic rings. The molecule has 0 aliphatic heterocycles. The lowest BCUT2D eigenvalue weighted by molar-refractivity contribution is -0.150. The monoisotopic (exact) mass is 493 g/mol. The van der Waals surface area contributed by atoms with Crippen LogP contribution in [0.25, 0.3) is 10.9 Å². The third kappa shape index (κ3) is 4.63. The highest BCUT2D eigenvalue weighted by atomic mass is 79.9. The molecular weight excluding hydrogens is 478 g/mol. The van der Waals surface area contributed by atoms with Crippen LogP contribution < -0.4 is 16.0 Å². The van der Waals surface area contributed by atoms with Gasteiger partial charge in [0, 0.05) is 0 Å². The predicted molar refractivity (Wildman–Crippen MR) is 118 cm³/mol. The van der Waals surface area contributed by atoms with E-state index in [0.717, 1.165) is 4.68 Å². The molecule has 0 fully saturated rings. The molecule has 0 saturated heterocycles. The first-order chi connectivity index (χ1) is 14.3. The molecule has 1 heterocycles. The van der Waals surface area contributed by atoms with Crippen LogP contribution in [0, 0.1) is 0 Å². The van der Waals surface area contributed by atoms with Gasteiger partial charge in [0.25, 0.3) is 5.56 Å². The fourth-order valence-electron chi connectivity index (χ4n) is 2.63. The molecule has 0 aliphatic carbocycles. The minimum Gasteiger partial charge on any atom is -0.476 e. The molecule has 1 aromatic heterocycles. The first kappa shape index (κ1) is 21.8. The van der Waals surface area contributed by atoms with Crippen LogP contribution in [0.4, 0.5) is 0 Å². The van der Waals surface area contributed by atoms with Crippen LogP contribution in [0.2, 0.25) is 5.02 Å². The largest absolute Gasteiger partial charge is 0.476 e. The van der Waals surface area contributed by atoms with Crippen molar-refractivity contribution in [1.82, 2.24) is 9.66 Å². The minimum absolute atomic E-state index is 0.210. The smallest absolute Gasteiger partial charge is 0.349 e. The molecule has 1 N–H and O–H groups in total. The van der Waals surface area contributed by atoms with Crippen molar-refractivity contribution in [2.75, 3.05) is 6.61 Å². The van der Waals surface area contributed by atoms with Gasteiger partial charge in [0.15, 0.2) is 11.9 Å². The number of aromatic amines is 1. The van der Waals surface area contributed by atoms with Crippen LogP contribution in [0.5, 0.6) is 5.75 Å². The van der Waals surface area contributed by atoms with Crippen molar-refractivity contribution in [3.63, 3.8) is 0 Å². The Bertz CT molecular complexity index is 1230. The van der Waals surface area contributed by atoms with Crippen molar-refractivity contribution in [1.29, 1.82) is 0 Å². The van der Waals surface area contributed by atoms with Crippen molar-refractivity contribution in [2.24, 2.45) is 5.10 Å². The minimum atomic E-state index is -0.854. The Morgan fingerprint density at radius 2 is 2.07 bits per heavy atom. The van der Waals surface area contributed by atoms with Gasteiger partial charge >= 0.3 is 11.7 Å². The normalized spacial score (nSPS) is 12.3. The molecule has 0 amide bonds. The van der Waals surface area contributed by atoms with E-state index in [4.69, 9.17) is 21.1 Å². The number of aromatic nitrogens is 2. The number of nitrogens with one attached hydrogen (secondary N) is 1. The summed E-state index contributed by atoms with van der Waals surface area (Å²) >= 11 is 9.62. The number of carbonyl (C=O) groups is 1. The number of carbonyl (C=O) groups excluding carboxylic acids is 1. The van der Waals surface area contributed by atoms with E-state index in [2.05, 4.69) is 26.0 Å². The van der Waals surface area contributed by atoms with Gasteiger partial charge in [-0.1, -0.05) is 23.7 Å². The highest BCUT2D eigenvalue weighted by Crippen LogP contribution is 2.35. The summed E-state index contributed by atoms with van der Waals surface area (Å²) in [6.45, 7) is 3.49. The number of nitrogens with zero attached hydrogens (tertiary/aromatic N) is 2. The zero-order valence-electron chi connectivity index (χ0n) is 16.0. The first-order valence-corrected chi connectivity index (χ1v) is 10.1. The summed E-state index contributed by atoms with van der Waals surface area (Å²) in [6.07, 6.45) is 0.466. The number of fused-ring (bicyclic) bond motifs is 1. The van der Waals surface area contributed by atoms with Gasteiger partial charge in [0.1, 0.15) is 0 Å². The second-order valence-corrected chi connectivity index (χ2v) is 7.42. The quantitative estimate of drug-likeness (QED) is 0.418. The van der Waals surface area contributed by atoms with Crippen molar-refractivity contribution in [3.8, 4) is 5.75 Å². The number of hydrogen-bond donors (Lipinski definition) is 1. The van der Waals surface area contributed by atoms with E-state index >= 15 is 0 Å². The van der Waals surface area contributed by atoms with E-state index in [0.29, 0.717) is 20.9 Å². The number of rotatable bonds is 6. The summed E-state index contributed by atoms with van der Waals surface area (Å²) in [5, 5.41) is 4.54. The highest BCUT2D eigenvalue weighted by Gasteiger charge is 2.19. The van der Waals surface area contributed by atoms with E-state index < -0.39 is 23.3 Å². The van der Waals surface area contributed by atoms with Gasteiger partial charge in [-0.25, -0.2) is 9.59 Å². The van der Waals surface area contributed by atoms with Crippen LogP contribution in [0.1, 0.15) is 19.4 Å². The van der Waals surface area contributed by atoms with Gasteiger partial charge < -0.3 is 14.5 Å². The Morgan fingerprint density at radius 3 is 2.77 bits per heavy atom. The number of ether oxygens (including phenoxy) is 2. The van der Waals surface area contributed by atoms with Gasteiger partial charge in [0.2, 0.25) is 0 Å². The zero-order valence-corrected chi connectivity index (χ0v) is 18.4. The van der Waals surface area contributed by atoms with E-state index in [1.54, 1.807) is 44.2 Å². The summed E-state index contributed by atoms with van der Waals surface area (Å²) in [5.74, 6) is -0.254. The number of H-pyrrole nitrogens is 1. The Morgan fingerprint density at radius 1 is 1.33 bits per heavy atom. The highest BCUT2D eigenvalue weighted by molar-refractivity contribution is 9.10. The fraction of sp³-hybridized carbons (Fsp3) is 0.200. The molecule has 2 aromatic carbocycles. The summed E-state index contributed by atoms with van der Waals surface area (Å²) in [5.41, 5.74) is -0.272. The standard InChI is InChI=1S/C20H17BrClN3O5/c1-3-29-19(27)11(2)30-17-14(21)8-12(9-15(17)22)10-23-25-18(26)13-6-4-5-7-16(13)24-20(25)28/h4-11H,3H2,1-2H3,(H,24,28). The molecule has 3 rings (SSSR count). The average molecular weight is 495 g/mol. The molecular formula is C20H17BrClN3O5. The van der Waals surface area contributed by atoms with Gasteiger partial charge in [-0.15, -0.1) is 4.68 Å². The second-order valence-electron chi connectivity index (χ2n) is 6.16. The Kier molecular flexibility index (Phi) is 6.73. The Balaban J connectivity index is 1.91. The van der Waals surface area contributed by atoms with Crippen LogP contribution in [-0.2, 0) is 9.53 Å². The fourth-order valence-corrected chi connectivity index (χ4v) is 3.59. The number of hydrogen-bond acceptors (Lipinski definition) is 6. The van der Waals surface area contributed by atoms with Gasteiger partial charge in [-0.2, -0.15) is 5.10 Å². The lowest BCUT2D eigenvalue weighted by Crippen LogP contribution is -2.32. The third-order valence-electron chi connectivity index (χ3n) is 4.04. The number of para-hydroxylation sites is 1. The lowest BCUT2D eigenvalue weighted by Gasteiger charge is -2.16. The maximum atomic E-state index is 12.5.